The van der Waals surface area contributed by atoms with Gasteiger partial charge in [0.1, 0.15) is 0 Å². The van der Waals surface area contributed by atoms with Crippen LogP contribution in [0.1, 0.15) is 52.4 Å². The maximum Gasteiger partial charge on any atom is 0.237 e. The SMILES string of the molecule is CCC[C@H](N)C(=O)NC1CCC(C)CC1. The number of carbonyl (C=O) groups is 1. The molecule has 0 aliphatic heterocycles. The average molecular weight is 212 g/mol. The predicted octanol–water partition coefficient (Wildman–Crippen LogP) is 1.81. The minimum Gasteiger partial charge on any atom is -0.352 e. The third-order valence-corrected chi connectivity index (χ3v) is 3.30. The lowest BCUT2D eigenvalue weighted by atomic mass is 9.87. The fraction of sp³-hybridized carbons (Fsp3) is 0.917. The molecule has 0 saturated heterocycles. The van der Waals surface area contributed by atoms with Gasteiger partial charge in [0.05, 0.1) is 6.04 Å². The van der Waals surface area contributed by atoms with Crippen LogP contribution in [0.25, 0.3) is 0 Å². The maximum absolute atomic E-state index is 11.6. The smallest absolute Gasteiger partial charge is 0.237 e. The molecule has 1 aliphatic rings. The summed E-state index contributed by atoms with van der Waals surface area (Å²) in [6.45, 7) is 4.33. The summed E-state index contributed by atoms with van der Waals surface area (Å²) in [4.78, 5) is 11.6. The quantitative estimate of drug-likeness (QED) is 0.746. The molecule has 0 heterocycles. The molecule has 3 N–H and O–H groups in total. The van der Waals surface area contributed by atoms with Crippen LogP contribution in [-0.2, 0) is 4.79 Å². The van der Waals surface area contributed by atoms with Crippen LogP contribution >= 0.6 is 0 Å². The van der Waals surface area contributed by atoms with E-state index in [9.17, 15) is 4.79 Å². The summed E-state index contributed by atoms with van der Waals surface area (Å²) in [5.74, 6) is 0.860. The molecular formula is C12H24N2O. The van der Waals surface area contributed by atoms with Crippen molar-refractivity contribution in [3.63, 3.8) is 0 Å². The highest BCUT2D eigenvalue weighted by Gasteiger charge is 2.21. The molecule has 0 aromatic carbocycles. The van der Waals surface area contributed by atoms with Gasteiger partial charge in [-0.2, -0.15) is 0 Å². The monoisotopic (exact) mass is 212 g/mol. The molecule has 1 aliphatic carbocycles. The lowest BCUT2D eigenvalue weighted by Gasteiger charge is -2.27. The van der Waals surface area contributed by atoms with Gasteiger partial charge >= 0.3 is 0 Å². The molecule has 0 spiro atoms. The van der Waals surface area contributed by atoms with Crippen molar-refractivity contribution in [2.24, 2.45) is 11.7 Å². The van der Waals surface area contributed by atoms with Crippen molar-refractivity contribution in [2.75, 3.05) is 0 Å². The van der Waals surface area contributed by atoms with Crippen molar-refractivity contribution >= 4 is 5.91 Å². The summed E-state index contributed by atoms with van der Waals surface area (Å²) >= 11 is 0. The Kier molecular flexibility index (Phi) is 5.09. The summed E-state index contributed by atoms with van der Waals surface area (Å²) in [7, 11) is 0. The van der Waals surface area contributed by atoms with Crippen LogP contribution in [0.4, 0.5) is 0 Å². The molecule has 3 nitrogen and oxygen atoms in total. The Labute approximate surface area is 92.8 Å². The highest BCUT2D eigenvalue weighted by molar-refractivity contribution is 5.81. The first-order valence-corrected chi connectivity index (χ1v) is 6.19. The van der Waals surface area contributed by atoms with Crippen molar-refractivity contribution in [1.82, 2.24) is 5.32 Å². The molecule has 0 aromatic rings. The van der Waals surface area contributed by atoms with Crippen LogP contribution in [0.15, 0.2) is 0 Å². The fourth-order valence-electron chi connectivity index (χ4n) is 2.15. The molecule has 1 fully saturated rings. The van der Waals surface area contributed by atoms with Crippen molar-refractivity contribution in [3.8, 4) is 0 Å². The van der Waals surface area contributed by atoms with Gasteiger partial charge in [-0.25, -0.2) is 0 Å². The molecule has 0 unspecified atom stereocenters. The molecule has 0 radical (unpaired) electrons. The maximum atomic E-state index is 11.6. The summed E-state index contributed by atoms with van der Waals surface area (Å²) in [5, 5.41) is 3.06. The lowest BCUT2D eigenvalue weighted by Crippen LogP contribution is -2.46. The standard InChI is InChI=1S/C12H24N2O/c1-3-4-11(13)12(15)14-10-7-5-9(2)6-8-10/h9-11H,3-8,13H2,1-2H3,(H,14,15)/t9?,10?,11-/m0/s1. The van der Waals surface area contributed by atoms with E-state index in [-0.39, 0.29) is 11.9 Å². The second kappa shape index (κ2) is 6.11. The number of nitrogens with one attached hydrogen (secondary N) is 1. The van der Waals surface area contributed by atoms with Crippen LogP contribution in [0.3, 0.4) is 0 Å². The number of amides is 1. The van der Waals surface area contributed by atoms with E-state index in [1.165, 1.54) is 12.8 Å². The van der Waals surface area contributed by atoms with Gasteiger partial charge in [0, 0.05) is 6.04 Å². The first-order valence-electron chi connectivity index (χ1n) is 6.19. The molecular weight excluding hydrogens is 188 g/mol. The van der Waals surface area contributed by atoms with Crippen LogP contribution in [-0.4, -0.2) is 18.0 Å². The Morgan fingerprint density at radius 1 is 1.40 bits per heavy atom. The molecule has 15 heavy (non-hydrogen) atoms. The second-order valence-electron chi connectivity index (χ2n) is 4.86. The summed E-state index contributed by atoms with van der Waals surface area (Å²) in [6, 6.07) is 0.0611. The zero-order valence-corrected chi connectivity index (χ0v) is 9.96. The normalized spacial score (nSPS) is 28.5. The van der Waals surface area contributed by atoms with Gasteiger partial charge in [-0.05, 0) is 38.0 Å². The lowest BCUT2D eigenvalue weighted by molar-refractivity contribution is -0.123. The zero-order valence-electron chi connectivity index (χ0n) is 9.96. The van der Waals surface area contributed by atoms with Gasteiger partial charge < -0.3 is 11.1 Å². The van der Waals surface area contributed by atoms with Gasteiger partial charge in [-0.15, -0.1) is 0 Å². The molecule has 88 valence electrons. The Hall–Kier alpha value is -0.570. The van der Waals surface area contributed by atoms with Crippen LogP contribution in [0.2, 0.25) is 0 Å². The van der Waals surface area contributed by atoms with Gasteiger partial charge in [-0.1, -0.05) is 20.3 Å². The van der Waals surface area contributed by atoms with E-state index in [0.717, 1.165) is 31.6 Å². The number of nitrogens with two attached hydrogens (primary N) is 1. The number of hydrogen-bond donors (Lipinski definition) is 2. The largest absolute Gasteiger partial charge is 0.352 e. The van der Waals surface area contributed by atoms with Gasteiger partial charge in [0.25, 0.3) is 0 Å². The van der Waals surface area contributed by atoms with Crippen LogP contribution in [0, 0.1) is 5.92 Å². The van der Waals surface area contributed by atoms with E-state index in [0.29, 0.717) is 6.04 Å². The van der Waals surface area contributed by atoms with Gasteiger partial charge in [0.15, 0.2) is 0 Å². The molecule has 3 heteroatoms. The van der Waals surface area contributed by atoms with Crippen molar-refractivity contribution in [3.05, 3.63) is 0 Å². The molecule has 1 atom stereocenters. The minimum absolute atomic E-state index is 0.0383. The zero-order chi connectivity index (χ0) is 11.3. The van der Waals surface area contributed by atoms with Crippen LogP contribution < -0.4 is 11.1 Å². The van der Waals surface area contributed by atoms with E-state index in [2.05, 4.69) is 19.2 Å². The van der Waals surface area contributed by atoms with Crippen molar-refractivity contribution in [1.29, 1.82) is 0 Å². The van der Waals surface area contributed by atoms with E-state index in [4.69, 9.17) is 5.73 Å². The molecule has 1 amide bonds. The Balaban J connectivity index is 2.25. The third-order valence-electron chi connectivity index (χ3n) is 3.30. The summed E-state index contributed by atoms with van der Waals surface area (Å²) < 4.78 is 0. The minimum atomic E-state index is -0.311. The van der Waals surface area contributed by atoms with Crippen LogP contribution in [0.5, 0.6) is 0 Å². The Bertz CT molecular complexity index is 198. The van der Waals surface area contributed by atoms with Gasteiger partial charge in [-0.3, -0.25) is 4.79 Å². The molecule has 1 saturated carbocycles. The number of carbonyl (C=O) groups excluding carboxylic acids is 1. The fourth-order valence-corrected chi connectivity index (χ4v) is 2.15. The first-order chi connectivity index (χ1) is 7.13. The molecule has 0 aromatic heterocycles. The predicted molar refractivity (Wildman–Crippen MR) is 62.4 cm³/mol. The summed E-state index contributed by atoms with van der Waals surface area (Å²) in [6.07, 6.45) is 6.45. The first kappa shape index (κ1) is 12.5. The van der Waals surface area contributed by atoms with E-state index < -0.39 is 0 Å². The second-order valence-corrected chi connectivity index (χ2v) is 4.86. The van der Waals surface area contributed by atoms with Gasteiger partial charge in [0.2, 0.25) is 5.91 Å². The van der Waals surface area contributed by atoms with Crippen molar-refractivity contribution < 1.29 is 4.79 Å². The van der Waals surface area contributed by atoms with E-state index >= 15 is 0 Å². The highest BCUT2D eigenvalue weighted by Crippen LogP contribution is 2.23. The van der Waals surface area contributed by atoms with Crippen molar-refractivity contribution in [2.45, 2.75) is 64.5 Å². The average Bonchev–Trinajstić information content (AvgIpc) is 2.22. The Morgan fingerprint density at radius 3 is 2.53 bits per heavy atom. The summed E-state index contributed by atoms with van der Waals surface area (Å²) in [5.41, 5.74) is 5.76. The molecule has 1 rings (SSSR count). The Morgan fingerprint density at radius 2 is 2.00 bits per heavy atom. The molecule has 0 bridgehead atoms. The highest BCUT2D eigenvalue weighted by atomic mass is 16.2. The topological polar surface area (TPSA) is 55.1 Å². The third kappa shape index (κ3) is 4.20. The number of hydrogen-bond acceptors (Lipinski definition) is 2. The number of rotatable bonds is 4. The van der Waals surface area contributed by atoms with E-state index in [1.54, 1.807) is 0 Å². The van der Waals surface area contributed by atoms with E-state index in [1.807, 2.05) is 0 Å².